The molecule has 2 fully saturated rings. The molecule has 2 aliphatic rings. The van der Waals surface area contributed by atoms with Crippen LogP contribution >= 0.6 is 11.6 Å². The maximum Gasteiger partial charge on any atom is 0.138 e. The second-order valence-corrected chi connectivity index (χ2v) is 6.50. The van der Waals surface area contributed by atoms with Crippen LogP contribution in [0, 0.1) is 11.3 Å². The first-order chi connectivity index (χ1) is 10.2. The first kappa shape index (κ1) is 14.7. The molecule has 1 aliphatic heterocycles. The molecule has 0 N–H and O–H groups in total. The monoisotopic (exact) mass is 305 g/mol. The van der Waals surface area contributed by atoms with Crippen LogP contribution in [0.2, 0.25) is 5.02 Å². The van der Waals surface area contributed by atoms with Crippen molar-refractivity contribution >= 4 is 11.6 Å². The van der Waals surface area contributed by atoms with Gasteiger partial charge < -0.3 is 9.47 Å². The van der Waals surface area contributed by atoms with E-state index in [-0.39, 0.29) is 11.7 Å². The minimum absolute atomic E-state index is 0.126. The standard InChI is InChI=1S/C17H20ClNO2/c18-15-10-13(11-19)4-5-16(15)20-12-14-6-9-17(21-14)7-2-1-3-8-17/h4-5,10,14H,1-3,6-9,12H2. The zero-order valence-electron chi connectivity index (χ0n) is 12.1. The normalized spacial score (nSPS) is 23.9. The summed E-state index contributed by atoms with van der Waals surface area (Å²) < 4.78 is 12.1. The Morgan fingerprint density at radius 2 is 2.10 bits per heavy atom. The molecule has 0 bridgehead atoms. The average molecular weight is 306 g/mol. The second-order valence-electron chi connectivity index (χ2n) is 6.09. The van der Waals surface area contributed by atoms with Gasteiger partial charge in [-0.1, -0.05) is 30.9 Å². The SMILES string of the molecule is N#Cc1ccc(OCC2CCC3(CCCCC3)O2)c(Cl)c1. The molecule has 1 aromatic carbocycles. The van der Waals surface area contributed by atoms with Gasteiger partial charge in [0.15, 0.2) is 0 Å². The third kappa shape index (κ3) is 3.33. The summed E-state index contributed by atoms with van der Waals surface area (Å²) in [7, 11) is 0. The molecule has 1 heterocycles. The zero-order chi connectivity index (χ0) is 14.7. The Labute approximate surface area is 130 Å². The van der Waals surface area contributed by atoms with E-state index >= 15 is 0 Å². The Balaban J connectivity index is 1.55. The first-order valence-electron chi connectivity index (χ1n) is 7.71. The van der Waals surface area contributed by atoms with E-state index in [9.17, 15) is 0 Å². The minimum atomic E-state index is 0.126. The molecule has 0 amide bonds. The van der Waals surface area contributed by atoms with Crippen LogP contribution in [0.15, 0.2) is 18.2 Å². The van der Waals surface area contributed by atoms with Crippen molar-refractivity contribution in [1.29, 1.82) is 5.26 Å². The van der Waals surface area contributed by atoms with Crippen LogP contribution in [0.4, 0.5) is 0 Å². The molecule has 1 unspecified atom stereocenters. The summed E-state index contributed by atoms with van der Waals surface area (Å²) in [6, 6.07) is 7.18. The lowest BCUT2D eigenvalue weighted by molar-refractivity contribution is -0.0748. The van der Waals surface area contributed by atoms with Crippen molar-refractivity contribution in [3.8, 4) is 11.8 Å². The Kier molecular flexibility index (Phi) is 4.37. The van der Waals surface area contributed by atoms with Crippen LogP contribution in [0.25, 0.3) is 0 Å². The summed E-state index contributed by atoms with van der Waals surface area (Å²) in [5.41, 5.74) is 0.673. The van der Waals surface area contributed by atoms with Gasteiger partial charge in [-0.3, -0.25) is 0 Å². The van der Waals surface area contributed by atoms with E-state index < -0.39 is 0 Å². The first-order valence-corrected chi connectivity index (χ1v) is 8.09. The van der Waals surface area contributed by atoms with Gasteiger partial charge in [-0.15, -0.1) is 0 Å². The van der Waals surface area contributed by atoms with Crippen molar-refractivity contribution in [2.45, 2.75) is 56.7 Å². The summed E-state index contributed by atoms with van der Waals surface area (Å²) in [5, 5.41) is 9.31. The predicted molar refractivity (Wildman–Crippen MR) is 81.6 cm³/mol. The maximum atomic E-state index is 8.83. The van der Waals surface area contributed by atoms with E-state index in [0.717, 1.165) is 12.8 Å². The Morgan fingerprint density at radius 3 is 2.81 bits per heavy atom. The summed E-state index contributed by atoms with van der Waals surface area (Å²) >= 11 is 6.12. The highest BCUT2D eigenvalue weighted by Gasteiger charge is 2.40. The van der Waals surface area contributed by atoms with Crippen LogP contribution < -0.4 is 4.74 Å². The van der Waals surface area contributed by atoms with E-state index in [2.05, 4.69) is 6.07 Å². The van der Waals surface area contributed by atoms with E-state index in [1.165, 1.54) is 32.1 Å². The number of ether oxygens (including phenoxy) is 2. The lowest BCUT2D eigenvalue weighted by Crippen LogP contribution is -2.32. The van der Waals surface area contributed by atoms with Crippen LogP contribution in [0.3, 0.4) is 0 Å². The van der Waals surface area contributed by atoms with Crippen LogP contribution in [0.1, 0.15) is 50.5 Å². The van der Waals surface area contributed by atoms with Crippen molar-refractivity contribution in [1.82, 2.24) is 0 Å². The number of halogens is 1. The number of hydrogen-bond donors (Lipinski definition) is 0. The fraction of sp³-hybridized carbons (Fsp3) is 0.588. The van der Waals surface area contributed by atoms with Gasteiger partial charge in [0.25, 0.3) is 0 Å². The number of nitrogens with zero attached hydrogens (tertiary/aromatic N) is 1. The fourth-order valence-electron chi connectivity index (χ4n) is 3.45. The van der Waals surface area contributed by atoms with Gasteiger partial charge in [0.2, 0.25) is 0 Å². The minimum Gasteiger partial charge on any atom is -0.489 e. The number of rotatable bonds is 3. The van der Waals surface area contributed by atoms with Gasteiger partial charge in [-0.25, -0.2) is 0 Å². The molecule has 3 nitrogen and oxygen atoms in total. The molecule has 0 aromatic heterocycles. The number of nitriles is 1. The molecule has 1 saturated carbocycles. The molecule has 3 rings (SSSR count). The highest BCUT2D eigenvalue weighted by atomic mass is 35.5. The largest absolute Gasteiger partial charge is 0.489 e. The molecule has 1 spiro atoms. The average Bonchev–Trinajstić information content (AvgIpc) is 2.89. The van der Waals surface area contributed by atoms with Crippen LogP contribution in [0.5, 0.6) is 5.75 Å². The van der Waals surface area contributed by atoms with Gasteiger partial charge in [0.05, 0.1) is 28.4 Å². The third-order valence-electron chi connectivity index (χ3n) is 4.59. The van der Waals surface area contributed by atoms with Crippen molar-refractivity contribution in [2.24, 2.45) is 0 Å². The Morgan fingerprint density at radius 1 is 1.29 bits per heavy atom. The Bertz CT molecular complexity index is 546. The molecule has 21 heavy (non-hydrogen) atoms. The van der Waals surface area contributed by atoms with Gasteiger partial charge in [0, 0.05) is 0 Å². The quantitative estimate of drug-likeness (QED) is 0.827. The number of hydrogen-bond acceptors (Lipinski definition) is 3. The van der Waals surface area contributed by atoms with Crippen molar-refractivity contribution in [2.75, 3.05) is 6.61 Å². The van der Waals surface area contributed by atoms with Gasteiger partial charge >= 0.3 is 0 Å². The van der Waals surface area contributed by atoms with Crippen molar-refractivity contribution < 1.29 is 9.47 Å². The van der Waals surface area contributed by atoms with E-state index in [1.807, 2.05) is 0 Å². The molecule has 1 saturated heterocycles. The lowest BCUT2D eigenvalue weighted by atomic mass is 9.83. The van der Waals surface area contributed by atoms with Gasteiger partial charge in [0.1, 0.15) is 12.4 Å². The smallest absolute Gasteiger partial charge is 0.138 e. The second kappa shape index (κ2) is 6.25. The van der Waals surface area contributed by atoms with Crippen molar-refractivity contribution in [3.05, 3.63) is 28.8 Å². The van der Waals surface area contributed by atoms with Crippen LogP contribution in [-0.4, -0.2) is 18.3 Å². The Hall–Kier alpha value is -1.24. The molecule has 0 radical (unpaired) electrons. The number of benzene rings is 1. The highest BCUT2D eigenvalue weighted by molar-refractivity contribution is 6.32. The molecule has 1 atom stereocenters. The highest BCUT2D eigenvalue weighted by Crippen LogP contribution is 2.42. The third-order valence-corrected chi connectivity index (χ3v) is 4.88. The molecular weight excluding hydrogens is 286 g/mol. The van der Waals surface area contributed by atoms with E-state index in [4.69, 9.17) is 26.3 Å². The summed E-state index contributed by atoms with van der Waals surface area (Å²) in [4.78, 5) is 0. The summed E-state index contributed by atoms with van der Waals surface area (Å²) in [6.07, 6.45) is 8.69. The zero-order valence-corrected chi connectivity index (χ0v) is 12.9. The van der Waals surface area contributed by atoms with E-state index in [0.29, 0.717) is 22.9 Å². The summed E-state index contributed by atoms with van der Waals surface area (Å²) in [6.45, 7) is 0.535. The fourth-order valence-corrected chi connectivity index (χ4v) is 3.68. The topological polar surface area (TPSA) is 42.2 Å². The predicted octanol–water partition coefficient (Wildman–Crippen LogP) is 4.47. The van der Waals surface area contributed by atoms with Gasteiger partial charge in [-0.2, -0.15) is 5.26 Å². The van der Waals surface area contributed by atoms with Crippen LogP contribution in [-0.2, 0) is 4.74 Å². The lowest BCUT2D eigenvalue weighted by Gasteiger charge is -2.33. The van der Waals surface area contributed by atoms with Gasteiger partial charge in [-0.05, 0) is 43.9 Å². The van der Waals surface area contributed by atoms with Crippen molar-refractivity contribution in [3.63, 3.8) is 0 Å². The molecule has 1 aliphatic carbocycles. The maximum absolute atomic E-state index is 8.83. The summed E-state index contributed by atoms with van der Waals surface area (Å²) in [5.74, 6) is 0.629. The molecule has 4 heteroatoms. The molecule has 112 valence electrons. The molecule has 1 aromatic rings. The molecular formula is C17H20ClNO2. The van der Waals surface area contributed by atoms with E-state index in [1.54, 1.807) is 18.2 Å².